The molecule has 2 aromatic carbocycles. The van der Waals surface area contributed by atoms with Gasteiger partial charge in [-0.1, -0.05) is 28.9 Å². The molecule has 0 saturated heterocycles. The van der Waals surface area contributed by atoms with Crippen molar-refractivity contribution in [3.05, 3.63) is 87.2 Å². The van der Waals surface area contributed by atoms with Crippen molar-refractivity contribution < 1.29 is 14.4 Å². The third kappa shape index (κ3) is 4.72. The molecule has 1 amide bonds. The Morgan fingerprint density at radius 3 is 2.67 bits per heavy atom. The number of nitrogens with zero attached hydrogens (tertiary/aromatic N) is 4. The van der Waals surface area contributed by atoms with Crippen molar-refractivity contribution in [1.29, 1.82) is 0 Å². The maximum Gasteiger partial charge on any atom is 0.333 e. The number of hydrogen-bond donors (Lipinski definition) is 2. The second-order valence-corrected chi connectivity index (χ2v) is 10.6. The van der Waals surface area contributed by atoms with Crippen molar-refractivity contribution in [2.24, 2.45) is 5.92 Å². The van der Waals surface area contributed by atoms with Gasteiger partial charge in [0.05, 0.1) is 39.6 Å². The van der Waals surface area contributed by atoms with Crippen molar-refractivity contribution in [3.63, 3.8) is 0 Å². The summed E-state index contributed by atoms with van der Waals surface area (Å²) >= 11 is 6.04. The molecule has 0 bridgehead atoms. The quantitative estimate of drug-likeness (QED) is 0.317. The molecule has 1 aliphatic carbocycles. The average Bonchev–Trinajstić information content (AvgIpc) is 3.48. The van der Waals surface area contributed by atoms with Crippen LogP contribution in [0.1, 0.15) is 47.4 Å². The lowest BCUT2D eigenvalue weighted by Crippen LogP contribution is -2.39. The summed E-state index contributed by atoms with van der Waals surface area (Å²) in [6.07, 6.45) is 5.02. The molecule has 0 radical (unpaired) electrons. The molecule has 1 aliphatic rings. The van der Waals surface area contributed by atoms with Gasteiger partial charge in [0.1, 0.15) is 5.69 Å². The van der Waals surface area contributed by atoms with E-state index in [1.165, 1.54) is 6.20 Å². The largest absolute Gasteiger partial charge is 0.390 e. The smallest absolute Gasteiger partial charge is 0.333 e. The average molecular weight is 546 g/mol. The van der Waals surface area contributed by atoms with Crippen LogP contribution in [0.3, 0.4) is 0 Å². The van der Waals surface area contributed by atoms with E-state index < -0.39 is 0 Å². The standard InChI is InChI=1S/C29H28ClN5O4/c1-17-23(12-19(30)14-31-17)28(37)32-20-8-6-18(7-9-20)15-34-25-4-2-3-5-26(25)35(29(34)38)21-10-11-22-24(16-36)33-39-27(22)13-21/h2-5,10-14,18,20,36H,6-9,15-16H2,1H3,(H,32,37)/t18-,20-. The number of aliphatic hydroxyl groups excluding tert-OH is 1. The third-order valence-corrected chi connectivity index (χ3v) is 7.90. The van der Waals surface area contributed by atoms with Gasteiger partial charge < -0.3 is 14.9 Å². The maximum atomic E-state index is 13.8. The Kier molecular flexibility index (Phi) is 6.70. The summed E-state index contributed by atoms with van der Waals surface area (Å²) in [5.41, 5.74) is 4.39. The van der Waals surface area contributed by atoms with Crippen molar-refractivity contribution >= 4 is 39.5 Å². The highest BCUT2D eigenvalue weighted by Gasteiger charge is 2.26. The summed E-state index contributed by atoms with van der Waals surface area (Å²) in [6.45, 7) is 2.19. The number of amides is 1. The van der Waals surface area contributed by atoms with Crippen LogP contribution in [0.2, 0.25) is 5.02 Å². The number of aromatic nitrogens is 4. The Bertz CT molecular complexity index is 1750. The predicted octanol–water partition coefficient (Wildman–Crippen LogP) is 4.77. The van der Waals surface area contributed by atoms with Gasteiger partial charge in [-0.15, -0.1) is 0 Å². The number of aryl methyl sites for hydroxylation is 1. The number of fused-ring (bicyclic) bond motifs is 2. The van der Waals surface area contributed by atoms with E-state index in [0.29, 0.717) is 45.7 Å². The fourth-order valence-corrected chi connectivity index (χ4v) is 5.77. The number of halogens is 1. The Morgan fingerprint density at radius 1 is 1.13 bits per heavy atom. The SMILES string of the molecule is Cc1ncc(Cl)cc1C(=O)N[C@H]1CC[C@H](Cn2c(=O)n(-c3ccc4c(CO)noc4c3)c3ccccc32)CC1. The third-order valence-electron chi connectivity index (χ3n) is 7.69. The predicted molar refractivity (Wildman–Crippen MR) is 148 cm³/mol. The lowest BCUT2D eigenvalue weighted by molar-refractivity contribution is 0.0919. The summed E-state index contributed by atoms with van der Waals surface area (Å²) in [5.74, 6) is 0.161. The molecule has 10 heteroatoms. The molecule has 1 saturated carbocycles. The number of para-hydroxylation sites is 2. The van der Waals surface area contributed by atoms with E-state index in [9.17, 15) is 14.7 Å². The van der Waals surface area contributed by atoms with Crippen LogP contribution < -0.4 is 11.0 Å². The first-order valence-electron chi connectivity index (χ1n) is 13.1. The second kappa shape index (κ2) is 10.3. The van der Waals surface area contributed by atoms with Crippen LogP contribution in [-0.2, 0) is 13.2 Å². The minimum atomic E-state index is -0.213. The van der Waals surface area contributed by atoms with E-state index in [1.54, 1.807) is 23.6 Å². The molecule has 1 fully saturated rings. The molecular formula is C29H28ClN5O4. The van der Waals surface area contributed by atoms with E-state index in [1.807, 2.05) is 41.0 Å². The summed E-state index contributed by atoms with van der Waals surface area (Å²) in [7, 11) is 0. The summed E-state index contributed by atoms with van der Waals surface area (Å²) in [4.78, 5) is 30.7. The van der Waals surface area contributed by atoms with Gasteiger partial charge in [-0.05, 0) is 68.9 Å². The number of benzene rings is 2. The molecule has 9 nitrogen and oxygen atoms in total. The highest BCUT2D eigenvalue weighted by atomic mass is 35.5. The molecule has 0 unspecified atom stereocenters. The molecule has 3 heterocycles. The summed E-state index contributed by atoms with van der Waals surface area (Å²) in [6, 6.07) is 14.9. The van der Waals surface area contributed by atoms with Crippen LogP contribution in [0.25, 0.3) is 27.7 Å². The van der Waals surface area contributed by atoms with Crippen LogP contribution in [0.15, 0.2) is 64.0 Å². The Morgan fingerprint density at radius 2 is 1.90 bits per heavy atom. The first-order valence-corrected chi connectivity index (χ1v) is 13.4. The van der Waals surface area contributed by atoms with Gasteiger partial charge in [0.15, 0.2) is 5.58 Å². The van der Waals surface area contributed by atoms with Gasteiger partial charge in [-0.3, -0.25) is 18.9 Å². The monoisotopic (exact) mass is 545 g/mol. The van der Waals surface area contributed by atoms with Gasteiger partial charge in [-0.2, -0.15) is 0 Å². The van der Waals surface area contributed by atoms with E-state index in [-0.39, 0.29) is 24.2 Å². The molecule has 3 aromatic heterocycles. The number of rotatable bonds is 6. The first-order chi connectivity index (χ1) is 18.9. The number of pyridine rings is 1. The molecule has 0 spiro atoms. The molecule has 6 rings (SSSR count). The molecule has 39 heavy (non-hydrogen) atoms. The Balaban J connectivity index is 1.21. The first kappa shape index (κ1) is 25.3. The number of hydrogen-bond acceptors (Lipinski definition) is 6. The van der Waals surface area contributed by atoms with Crippen LogP contribution in [0.4, 0.5) is 0 Å². The van der Waals surface area contributed by atoms with Crippen molar-refractivity contribution in [1.82, 2.24) is 24.6 Å². The molecule has 5 aromatic rings. The second-order valence-electron chi connectivity index (χ2n) is 10.2. The minimum absolute atomic E-state index is 0.0719. The maximum absolute atomic E-state index is 13.8. The molecule has 0 aliphatic heterocycles. The van der Waals surface area contributed by atoms with Crippen molar-refractivity contribution in [3.8, 4) is 5.69 Å². The zero-order chi connectivity index (χ0) is 27.1. The van der Waals surface area contributed by atoms with E-state index in [4.69, 9.17) is 16.1 Å². The molecule has 0 atom stereocenters. The van der Waals surface area contributed by atoms with Gasteiger partial charge in [-0.25, -0.2) is 4.79 Å². The Hall–Kier alpha value is -3.95. The number of carbonyl (C=O) groups excluding carboxylic acids is 1. The number of aliphatic hydroxyl groups is 1. The number of carbonyl (C=O) groups is 1. The summed E-state index contributed by atoms with van der Waals surface area (Å²) in [5, 5.41) is 17.7. The Labute approximate surface area is 229 Å². The molecule has 200 valence electrons. The van der Waals surface area contributed by atoms with E-state index in [0.717, 1.165) is 42.1 Å². The fraction of sp³-hybridized carbons (Fsp3) is 0.310. The van der Waals surface area contributed by atoms with Crippen LogP contribution >= 0.6 is 11.6 Å². The normalized spacial score (nSPS) is 17.6. The van der Waals surface area contributed by atoms with Gasteiger partial charge >= 0.3 is 5.69 Å². The highest BCUT2D eigenvalue weighted by Crippen LogP contribution is 2.29. The van der Waals surface area contributed by atoms with Crippen LogP contribution in [0.5, 0.6) is 0 Å². The zero-order valence-corrected chi connectivity index (χ0v) is 22.2. The van der Waals surface area contributed by atoms with Crippen molar-refractivity contribution in [2.45, 2.75) is 51.8 Å². The zero-order valence-electron chi connectivity index (χ0n) is 21.4. The van der Waals surface area contributed by atoms with E-state index in [2.05, 4.69) is 15.5 Å². The topological polar surface area (TPSA) is 115 Å². The molecular weight excluding hydrogens is 518 g/mol. The van der Waals surface area contributed by atoms with Crippen molar-refractivity contribution in [2.75, 3.05) is 0 Å². The van der Waals surface area contributed by atoms with Crippen LogP contribution in [0, 0.1) is 12.8 Å². The van der Waals surface area contributed by atoms with E-state index >= 15 is 0 Å². The number of imidazole rings is 1. The fourth-order valence-electron chi connectivity index (χ4n) is 5.61. The van der Waals surface area contributed by atoms with Gasteiger partial charge in [0.2, 0.25) is 0 Å². The van der Waals surface area contributed by atoms with Gasteiger partial charge in [0, 0.05) is 30.2 Å². The highest BCUT2D eigenvalue weighted by molar-refractivity contribution is 6.30. The summed E-state index contributed by atoms with van der Waals surface area (Å²) < 4.78 is 8.94. The number of nitrogens with one attached hydrogen (secondary N) is 1. The molecule has 2 N–H and O–H groups in total. The minimum Gasteiger partial charge on any atom is -0.390 e. The lowest BCUT2D eigenvalue weighted by Gasteiger charge is -2.29. The van der Waals surface area contributed by atoms with Crippen LogP contribution in [-0.4, -0.2) is 36.3 Å². The lowest BCUT2D eigenvalue weighted by atomic mass is 9.85. The van der Waals surface area contributed by atoms with Gasteiger partial charge in [0.25, 0.3) is 5.91 Å².